The van der Waals surface area contributed by atoms with E-state index in [0.717, 1.165) is 0 Å². The Kier molecular flexibility index (Phi) is 3.67. The second kappa shape index (κ2) is 4.79. The Balaban J connectivity index is 2.66. The lowest BCUT2D eigenvalue weighted by Gasteiger charge is -2.02. The predicted molar refractivity (Wildman–Crippen MR) is 48.3 cm³/mol. The summed E-state index contributed by atoms with van der Waals surface area (Å²) in [6.07, 6.45) is 1.46. The molecule has 1 N–H and O–H groups in total. The van der Waals surface area contributed by atoms with Crippen LogP contribution in [0, 0.1) is 0 Å². The molecule has 4 nitrogen and oxygen atoms in total. The third-order valence-electron chi connectivity index (χ3n) is 1.26. The number of pyridine rings is 1. The molecule has 0 aliphatic rings. The van der Waals surface area contributed by atoms with Gasteiger partial charge in [0.2, 0.25) is 0 Å². The summed E-state index contributed by atoms with van der Waals surface area (Å²) in [5.74, 6) is -0.399. The van der Waals surface area contributed by atoms with Crippen LogP contribution in [0.3, 0.4) is 0 Å². The number of rotatable bonds is 3. The van der Waals surface area contributed by atoms with E-state index < -0.39 is 5.91 Å². The van der Waals surface area contributed by atoms with E-state index in [1.165, 1.54) is 12.3 Å². The number of aromatic nitrogens is 1. The van der Waals surface area contributed by atoms with Crippen molar-refractivity contribution in [3.05, 3.63) is 29.0 Å². The number of hydrogen-bond donors (Lipinski definition) is 1. The lowest BCUT2D eigenvalue weighted by atomic mass is 10.3. The number of amides is 1. The summed E-state index contributed by atoms with van der Waals surface area (Å²) < 4.78 is 0. The van der Waals surface area contributed by atoms with Gasteiger partial charge < -0.3 is 0 Å². The van der Waals surface area contributed by atoms with Crippen LogP contribution >= 0.6 is 11.6 Å². The number of carbonyl (C=O) groups is 1. The maximum Gasteiger partial charge on any atom is 0.293 e. The zero-order valence-corrected chi connectivity index (χ0v) is 7.84. The second-order valence-electron chi connectivity index (χ2n) is 2.22. The van der Waals surface area contributed by atoms with Gasteiger partial charge in [0.05, 0.1) is 6.61 Å². The second-order valence-corrected chi connectivity index (χ2v) is 2.66. The SMILES string of the molecule is CCONC(=O)c1cc(Cl)ccn1. The van der Waals surface area contributed by atoms with Crippen LogP contribution < -0.4 is 5.48 Å². The van der Waals surface area contributed by atoms with Crippen LogP contribution in [0.4, 0.5) is 0 Å². The number of carbonyl (C=O) groups excluding carboxylic acids is 1. The first-order valence-corrected chi connectivity index (χ1v) is 4.15. The first kappa shape index (κ1) is 9.95. The molecule has 0 fully saturated rings. The summed E-state index contributed by atoms with van der Waals surface area (Å²) in [5.41, 5.74) is 2.45. The van der Waals surface area contributed by atoms with Crippen LogP contribution in [0.1, 0.15) is 17.4 Å². The minimum absolute atomic E-state index is 0.237. The highest BCUT2D eigenvalue weighted by Crippen LogP contribution is 2.07. The van der Waals surface area contributed by atoms with Gasteiger partial charge in [-0.3, -0.25) is 14.6 Å². The molecule has 5 heteroatoms. The van der Waals surface area contributed by atoms with Crippen LogP contribution in [0.5, 0.6) is 0 Å². The fourth-order valence-electron chi connectivity index (χ4n) is 0.719. The standard InChI is InChI=1S/C8H9ClN2O2/c1-2-13-11-8(12)7-5-6(9)3-4-10-7/h3-5H,2H2,1H3,(H,11,12). The van der Waals surface area contributed by atoms with Crippen LogP contribution in [-0.2, 0) is 4.84 Å². The molecule has 0 aliphatic carbocycles. The molecule has 0 atom stereocenters. The molecule has 0 saturated heterocycles. The van der Waals surface area contributed by atoms with E-state index in [2.05, 4.69) is 10.5 Å². The molecule has 0 bridgehead atoms. The van der Waals surface area contributed by atoms with Gasteiger partial charge in [-0.2, -0.15) is 0 Å². The number of halogens is 1. The van der Waals surface area contributed by atoms with E-state index in [4.69, 9.17) is 16.4 Å². The first-order valence-electron chi connectivity index (χ1n) is 3.77. The molecule has 1 heterocycles. The van der Waals surface area contributed by atoms with Crippen molar-refractivity contribution in [2.45, 2.75) is 6.92 Å². The number of nitrogens with zero attached hydrogens (tertiary/aromatic N) is 1. The van der Waals surface area contributed by atoms with Crippen LogP contribution in [0.2, 0.25) is 5.02 Å². The van der Waals surface area contributed by atoms with E-state index in [-0.39, 0.29) is 5.69 Å². The van der Waals surface area contributed by atoms with Crippen molar-refractivity contribution in [2.75, 3.05) is 6.61 Å². The zero-order valence-electron chi connectivity index (χ0n) is 7.08. The van der Waals surface area contributed by atoms with Gasteiger partial charge >= 0.3 is 0 Å². The molecule has 0 saturated carbocycles. The van der Waals surface area contributed by atoms with Crippen molar-refractivity contribution >= 4 is 17.5 Å². The Hall–Kier alpha value is -1.13. The van der Waals surface area contributed by atoms with E-state index in [1.54, 1.807) is 13.0 Å². The largest absolute Gasteiger partial charge is 0.293 e. The van der Waals surface area contributed by atoms with Crippen LogP contribution in [0.25, 0.3) is 0 Å². The molecule has 0 radical (unpaired) electrons. The Morgan fingerprint density at radius 1 is 1.77 bits per heavy atom. The lowest BCUT2D eigenvalue weighted by Crippen LogP contribution is -2.24. The molecular formula is C8H9ClN2O2. The summed E-state index contributed by atoms with van der Waals surface area (Å²) in [6, 6.07) is 3.06. The molecular weight excluding hydrogens is 192 g/mol. The molecule has 1 aromatic heterocycles. The maximum absolute atomic E-state index is 11.2. The predicted octanol–water partition coefficient (Wildman–Crippen LogP) is 1.42. The van der Waals surface area contributed by atoms with Crippen molar-refractivity contribution in [3.8, 4) is 0 Å². The number of hydroxylamine groups is 1. The fraction of sp³-hybridized carbons (Fsp3) is 0.250. The summed E-state index contributed by atoms with van der Waals surface area (Å²) in [5, 5.41) is 0.469. The summed E-state index contributed by atoms with van der Waals surface area (Å²) in [7, 11) is 0. The van der Waals surface area contributed by atoms with Gasteiger partial charge in [-0.15, -0.1) is 0 Å². The minimum atomic E-state index is -0.399. The van der Waals surface area contributed by atoms with E-state index in [0.29, 0.717) is 11.6 Å². The first-order chi connectivity index (χ1) is 6.24. The van der Waals surface area contributed by atoms with Gasteiger partial charge in [0.1, 0.15) is 5.69 Å². The van der Waals surface area contributed by atoms with Gasteiger partial charge in [0, 0.05) is 11.2 Å². The monoisotopic (exact) mass is 200 g/mol. The Morgan fingerprint density at radius 3 is 3.15 bits per heavy atom. The summed E-state index contributed by atoms with van der Waals surface area (Å²) >= 11 is 5.66. The van der Waals surface area contributed by atoms with E-state index >= 15 is 0 Å². The molecule has 13 heavy (non-hydrogen) atoms. The molecule has 0 spiro atoms. The number of hydrogen-bond acceptors (Lipinski definition) is 3. The van der Waals surface area contributed by atoms with Crippen LogP contribution in [-0.4, -0.2) is 17.5 Å². The van der Waals surface area contributed by atoms with Gasteiger partial charge in [-0.05, 0) is 19.1 Å². The van der Waals surface area contributed by atoms with Crippen molar-refractivity contribution < 1.29 is 9.63 Å². The smallest absolute Gasteiger partial charge is 0.274 e. The third kappa shape index (κ3) is 3.01. The highest BCUT2D eigenvalue weighted by Gasteiger charge is 2.06. The molecule has 70 valence electrons. The van der Waals surface area contributed by atoms with Gasteiger partial charge in [0.25, 0.3) is 5.91 Å². The Bertz CT molecular complexity index is 304. The molecule has 1 aromatic rings. The highest BCUT2D eigenvalue weighted by atomic mass is 35.5. The topological polar surface area (TPSA) is 51.2 Å². The van der Waals surface area contributed by atoms with E-state index in [9.17, 15) is 4.79 Å². The molecule has 0 aromatic carbocycles. The minimum Gasteiger partial charge on any atom is -0.274 e. The van der Waals surface area contributed by atoms with Crippen molar-refractivity contribution in [1.82, 2.24) is 10.5 Å². The molecule has 0 unspecified atom stereocenters. The van der Waals surface area contributed by atoms with E-state index in [1.807, 2.05) is 0 Å². The lowest BCUT2D eigenvalue weighted by molar-refractivity contribution is 0.0360. The molecule has 1 amide bonds. The quantitative estimate of drug-likeness (QED) is 0.751. The zero-order chi connectivity index (χ0) is 9.68. The Labute approximate surface area is 80.8 Å². The summed E-state index contributed by atoms with van der Waals surface area (Å²) in [6.45, 7) is 2.18. The normalized spacial score (nSPS) is 9.69. The van der Waals surface area contributed by atoms with Crippen molar-refractivity contribution in [1.29, 1.82) is 0 Å². The number of nitrogens with one attached hydrogen (secondary N) is 1. The Morgan fingerprint density at radius 2 is 2.54 bits per heavy atom. The average molecular weight is 201 g/mol. The molecule has 1 rings (SSSR count). The van der Waals surface area contributed by atoms with Gasteiger partial charge in [0.15, 0.2) is 0 Å². The fourth-order valence-corrected chi connectivity index (χ4v) is 0.879. The third-order valence-corrected chi connectivity index (χ3v) is 1.50. The average Bonchev–Trinajstić information content (AvgIpc) is 2.14. The highest BCUT2D eigenvalue weighted by molar-refractivity contribution is 6.30. The van der Waals surface area contributed by atoms with Crippen molar-refractivity contribution in [2.24, 2.45) is 0 Å². The maximum atomic E-state index is 11.2. The van der Waals surface area contributed by atoms with Crippen molar-refractivity contribution in [3.63, 3.8) is 0 Å². The van der Waals surface area contributed by atoms with Gasteiger partial charge in [-0.1, -0.05) is 11.6 Å². The summed E-state index contributed by atoms with van der Waals surface area (Å²) in [4.78, 5) is 19.7. The van der Waals surface area contributed by atoms with Gasteiger partial charge in [-0.25, -0.2) is 5.48 Å². The van der Waals surface area contributed by atoms with Crippen LogP contribution in [0.15, 0.2) is 18.3 Å². The molecule has 0 aliphatic heterocycles.